The molecule has 1 aliphatic carbocycles. The van der Waals surface area contributed by atoms with Crippen LogP contribution in [0.25, 0.3) is 5.69 Å². The van der Waals surface area contributed by atoms with E-state index in [0.29, 0.717) is 41.1 Å². The molecule has 6 rings (SSSR count). The van der Waals surface area contributed by atoms with Crippen molar-refractivity contribution in [1.29, 1.82) is 0 Å². The van der Waals surface area contributed by atoms with Crippen LogP contribution in [0.5, 0.6) is 0 Å². The first-order chi connectivity index (χ1) is 18.4. The van der Waals surface area contributed by atoms with Crippen LogP contribution in [0.1, 0.15) is 19.3 Å². The molecule has 1 saturated carbocycles. The van der Waals surface area contributed by atoms with E-state index in [1.165, 1.54) is 21.3 Å². The van der Waals surface area contributed by atoms with Crippen LogP contribution in [-0.2, 0) is 19.2 Å². The minimum atomic E-state index is -1.23. The normalized spacial score (nSPS) is 23.4. The van der Waals surface area contributed by atoms with E-state index in [9.17, 15) is 24.3 Å². The monoisotopic (exact) mass is 576 g/mol. The van der Waals surface area contributed by atoms with Crippen LogP contribution in [0, 0.1) is 0 Å². The molecule has 0 unspecified atom stereocenters. The number of carbonyl (C=O) groups is 4. The van der Waals surface area contributed by atoms with Crippen molar-refractivity contribution in [2.45, 2.75) is 41.9 Å². The van der Waals surface area contributed by atoms with Crippen molar-refractivity contribution in [3.05, 3.63) is 53.3 Å². The molecule has 12 nitrogen and oxygen atoms in total. The van der Waals surface area contributed by atoms with Crippen LogP contribution in [0.3, 0.4) is 0 Å². The number of aromatic nitrogens is 4. The Hall–Kier alpha value is -2.65. The Labute approximate surface area is 253 Å². The summed E-state index contributed by atoms with van der Waals surface area (Å²) < 4.78 is 1.52. The summed E-state index contributed by atoms with van der Waals surface area (Å²) in [6.07, 6.45) is 4.23. The summed E-state index contributed by atoms with van der Waals surface area (Å²) in [6, 6.07) is 8.72. The summed E-state index contributed by atoms with van der Waals surface area (Å²) in [7, 11) is 0. The Kier molecular flexibility index (Phi) is 8.19. The minimum absolute atomic E-state index is 0. The van der Waals surface area contributed by atoms with Gasteiger partial charge in [-0.15, -0.1) is 16.9 Å². The molecule has 2 N–H and O–H groups in total. The van der Waals surface area contributed by atoms with Crippen LogP contribution in [0.15, 0.2) is 58.4 Å². The molecule has 15 heteroatoms. The molecule has 39 heavy (non-hydrogen) atoms. The summed E-state index contributed by atoms with van der Waals surface area (Å²) in [6.45, 7) is 0.646. The summed E-state index contributed by atoms with van der Waals surface area (Å²) >= 11 is 2.50. The molecule has 0 spiro atoms. The SMILES string of the molecule is O=C(CSc1nnnn1-c1ccccc1)N[C@@H]1C(=O)N2C(C(=O)O)=C(C=C3CCN(C4CC4)C3=O)CS[C@H]12.[Na]. The molecule has 4 heterocycles. The second-order valence-corrected chi connectivity index (χ2v) is 11.3. The van der Waals surface area contributed by atoms with E-state index in [2.05, 4.69) is 20.8 Å². The number of β-lactam (4-membered cyclic amide) rings is 1. The zero-order valence-electron chi connectivity index (χ0n) is 21.0. The van der Waals surface area contributed by atoms with Crippen molar-refractivity contribution in [3.8, 4) is 5.69 Å². The zero-order valence-corrected chi connectivity index (χ0v) is 24.7. The Balaban J connectivity index is 0.00000308. The van der Waals surface area contributed by atoms with Gasteiger partial charge in [0.1, 0.15) is 17.1 Å². The molecule has 1 aromatic heterocycles. The van der Waals surface area contributed by atoms with Crippen LogP contribution in [-0.4, -0.2) is 124 Å². The number of thioether (sulfide) groups is 2. The predicted molar refractivity (Wildman–Crippen MR) is 143 cm³/mol. The molecule has 0 bridgehead atoms. The fourth-order valence-corrected chi connectivity index (χ4v) is 6.82. The number of carboxylic acids is 1. The van der Waals surface area contributed by atoms with Gasteiger partial charge in [-0.1, -0.05) is 30.0 Å². The fraction of sp³-hybridized carbons (Fsp3) is 0.375. The van der Waals surface area contributed by atoms with Crippen molar-refractivity contribution < 1.29 is 24.3 Å². The van der Waals surface area contributed by atoms with Gasteiger partial charge in [0.2, 0.25) is 17.0 Å². The number of nitrogens with one attached hydrogen (secondary N) is 1. The summed E-state index contributed by atoms with van der Waals surface area (Å²) in [5.41, 5.74) is 1.66. The first-order valence-corrected chi connectivity index (χ1v) is 14.1. The van der Waals surface area contributed by atoms with Gasteiger partial charge in [-0.25, -0.2) is 4.79 Å². The number of nitrogens with zero attached hydrogens (tertiary/aromatic N) is 6. The first-order valence-electron chi connectivity index (χ1n) is 12.1. The number of hydrogen-bond donors (Lipinski definition) is 2. The third-order valence-corrected chi connectivity index (χ3v) is 9.01. The van der Waals surface area contributed by atoms with Crippen molar-refractivity contribution in [2.24, 2.45) is 0 Å². The Morgan fingerprint density at radius 1 is 1.21 bits per heavy atom. The zero-order chi connectivity index (χ0) is 26.4. The maximum atomic E-state index is 13.0. The van der Waals surface area contributed by atoms with Crippen molar-refractivity contribution in [3.63, 3.8) is 0 Å². The van der Waals surface area contributed by atoms with Crippen LogP contribution in [0.4, 0.5) is 0 Å². The second-order valence-electron chi connectivity index (χ2n) is 9.28. The van der Waals surface area contributed by atoms with Crippen molar-refractivity contribution in [2.75, 3.05) is 18.1 Å². The van der Waals surface area contributed by atoms with Gasteiger partial charge in [0.25, 0.3) is 5.91 Å². The molecular formula is C24H23N7NaO5S2. The van der Waals surface area contributed by atoms with Crippen LogP contribution in [0.2, 0.25) is 0 Å². The molecule has 2 aromatic rings. The van der Waals surface area contributed by atoms with Gasteiger partial charge >= 0.3 is 5.97 Å². The molecule has 4 aliphatic rings. The number of para-hydroxylation sites is 1. The first kappa shape index (κ1) is 27.9. The maximum Gasteiger partial charge on any atom is 0.352 e. The van der Waals surface area contributed by atoms with Crippen molar-refractivity contribution >= 4 is 76.8 Å². The number of carboxylic acid groups (broad SMARTS) is 1. The van der Waals surface area contributed by atoms with Gasteiger partial charge in [0.15, 0.2) is 0 Å². The number of aliphatic carboxylic acids is 1. The number of allylic oxidation sites excluding steroid dienone is 1. The minimum Gasteiger partial charge on any atom is -0.477 e. The van der Waals surface area contributed by atoms with Crippen LogP contribution >= 0.6 is 23.5 Å². The average molecular weight is 577 g/mol. The topological polar surface area (TPSA) is 151 Å². The fourth-order valence-electron chi connectivity index (χ4n) is 4.81. The summed E-state index contributed by atoms with van der Waals surface area (Å²) in [5.74, 6) is -1.85. The van der Waals surface area contributed by atoms with Crippen LogP contribution < -0.4 is 5.32 Å². The number of benzene rings is 1. The molecule has 3 amide bonds. The second kappa shape index (κ2) is 11.5. The molecule has 2 saturated heterocycles. The third kappa shape index (κ3) is 5.40. The third-order valence-electron chi connectivity index (χ3n) is 6.78. The van der Waals surface area contributed by atoms with E-state index in [1.54, 1.807) is 6.08 Å². The van der Waals surface area contributed by atoms with E-state index in [4.69, 9.17) is 0 Å². The smallest absolute Gasteiger partial charge is 0.352 e. The van der Waals surface area contributed by atoms with Gasteiger partial charge in [0.05, 0.1) is 11.4 Å². The quantitative estimate of drug-likeness (QED) is 0.196. The number of tetrazole rings is 1. The van der Waals surface area contributed by atoms with E-state index in [0.717, 1.165) is 30.3 Å². The molecule has 2 atom stereocenters. The van der Waals surface area contributed by atoms with Gasteiger partial charge in [-0.3, -0.25) is 19.3 Å². The van der Waals surface area contributed by atoms with Gasteiger partial charge in [-0.05, 0) is 53.5 Å². The predicted octanol–water partition coefficient (Wildman–Crippen LogP) is 0.433. The van der Waals surface area contributed by atoms with E-state index in [1.807, 2.05) is 35.2 Å². The number of rotatable bonds is 8. The number of carbonyl (C=O) groups excluding carboxylic acids is 3. The van der Waals surface area contributed by atoms with Gasteiger partial charge in [0, 0.05) is 53.5 Å². The number of hydrogen-bond acceptors (Lipinski definition) is 9. The molecule has 3 aliphatic heterocycles. The maximum absolute atomic E-state index is 13.0. The van der Waals surface area contributed by atoms with Gasteiger partial charge < -0.3 is 15.3 Å². The number of amides is 3. The van der Waals surface area contributed by atoms with E-state index >= 15 is 0 Å². The molecule has 197 valence electrons. The standard InChI is InChI=1S/C24H23N7O5S2.Na/c32-17(12-38-24-26-27-28-31(24)16-4-2-1-3-5-16)25-18-21(34)30-19(23(35)36)14(11-37-22(18)30)10-13-8-9-29(20(13)33)15-6-7-15;/h1-5,10,15,18,22H,6-9,11-12H2,(H,25,32)(H,35,36);/t18-,22-;/m1./s1. The molecule has 1 radical (unpaired) electrons. The summed E-state index contributed by atoms with van der Waals surface area (Å²) in [5, 5.41) is 24.1. The molecule has 3 fully saturated rings. The Morgan fingerprint density at radius 3 is 2.69 bits per heavy atom. The molecular weight excluding hydrogens is 553 g/mol. The van der Waals surface area contributed by atoms with Crippen molar-refractivity contribution in [1.82, 2.24) is 35.3 Å². The Morgan fingerprint density at radius 2 is 1.97 bits per heavy atom. The molecule has 1 aromatic carbocycles. The Bertz CT molecular complexity index is 1390. The average Bonchev–Trinajstić information content (AvgIpc) is 3.54. The van der Waals surface area contributed by atoms with E-state index < -0.39 is 23.3 Å². The van der Waals surface area contributed by atoms with E-state index in [-0.39, 0.29) is 52.8 Å². The largest absolute Gasteiger partial charge is 0.477 e. The number of likely N-dealkylation sites (tertiary alicyclic amines) is 1. The number of fused-ring (bicyclic) bond motifs is 1. The summed E-state index contributed by atoms with van der Waals surface area (Å²) in [4.78, 5) is 53.6. The van der Waals surface area contributed by atoms with Gasteiger partial charge in [-0.2, -0.15) is 4.68 Å².